The van der Waals surface area contributed by atoms with Crippen molar-refractivity contribution in [3.05, 3.63) is 47.7 Å². The van der Waals surface area contributed by atoms with Crippen LogP contribution >= 0.6 is 0 Å². The van der Waals surface area contributed by atoms with Crippen LogP contribution in [0.25, 0.3) is 0 Å². The zero-order valence-electron chi connectivity index (χ0n) is 8.13. The first-order valence-corrected chi connectivity index (χ1v) is 4.69. The Morgan fingerprint density at radius 1 is 1.33 bits per heavy atom. The topological polar surface area (TPSA) is 66.6 Å². The second kappa shape index (κ2) is 3.74. The van der Waals surface area contributed by atoms with Gasteiger partial charge in [-0.3, -0.25) is 4.79 Å². The molecule has 1 atom stereocenters. The van der Waals surface area contributed by atoms with Crippen molar-refractivity contribution >= 4 is 5.91 Å². The second-order valence-corrected chi connectivity index (χ2v) is 3.45. The largest absolute Gasteiger partial charge is 0.394 e. The van der Waals surface area contributed by atoms with Crippen LogP contribution in [0.1, 0.15) is 5.56 Å². The summed E-state index contributed by atoms with van der Waals surface area (Å²) >= 11 is 0. The predicted molar refractivity (Wildman–Crippen MR) is 55.3 cm³/mol. The number of hydrogen-bond acceptors (Lipinski definition) is 3. The third-order valence-corrected chi connectivity index (χ3v) is 2.35. The number of rotatable bonds is 2. The van der Waals surface area contributed by atoms with Gasteiger partial charge < -0.3 is 15.7 Å². The van der Waals surface area contributed by atoms with Crippen molar-refractivity contribution in [1.29, 1.82) is 0 Å². The number of amides is 1. The van der Waals surface area contributed by atoms with Crippen molar-refractivity contribution in [3.8, 4) is 0 Å². The van der Waals surface area contributed by atoms with Crippen molar-refractivity contribution in [2.24, 2.45) is 5.73 Å². The molecule has 0 spiro atoms. The van der Waals surface area contributed by atoms with Crippen LogP contribution in [0.2, 0.25) is 0 Å². The summed E-state index contributed by atoms with van der Waals surface area (Å²) < 4.78 is 0. The van der Waals surface area contributed by atoms with E-state index in [-0.39, 0.29) is 11.6 Å². The Hall–Kier alpha value is -1.81. The Bertz CT molecular complexity index is 400. The Labute approximate surface area is 87.6 Å². The SMILES string of the molecule is NC1=CC(O)N(Cc2ccccc2)C1=O. The van der Waals surface area contributed by atoms with Gasteiger partial charge in [-0.05, 0) is 11.6 Å². The highest BCUT2D eigenvalue weighted by molar-refractivity contribution is 5.95. The summed E-state index contributed by atoms with van der Waals surface area (Å²) in [6, 6.07) is 9.47. The molecule has 0 bridgehead atoms. The van der Waals surface area contributed by atoms with Crippen LogP contribution in [-0.2, 0) is 11.3 Å². The summed E-state index contributed by atoms with van der Waals surface area (Å²) in [6.07, 6.45) is 0.448. The third kappa shape index (κ3) is 1.85. The molecule has 1 aromatic rings. The average Bonchev–Trinajstić information content (AvgIpc) is 2.47. The lowest BCUT2D eigenvalue weighted by Crippen LogP contribution is -2.34. The zero-order valence-corrected chi connectivity index (χ0v) is 8.13. The fourth-order valence-corrected chi connectivity index (χ4v) is 1.55. The van der Waals surface area contributed by atoms with Gasteiger partial charge in [0.2, 0.25) is 0 Å². The molecule has 78 valence electrons. The maximum atomic E-state index is 11.5. The van der Waals surface area contributed by atoms with Gasteiger partial charge in [0, 0.05) is 6.54 Å². The van der Waals surface area contributed by atoms with Gasteiger partial charge in [-0.2, -0.15) is 0 Å². The van der Waals surface area contributed by atoms with Gasteiger partial charge in [0.1, 0.15) is 0 Å². The van der Waals surface area contributed by atoms with Gasteiger partial charge in [-0.25, -0.2) is 0 Å². The molecule has 15 heavy (non-hydrogen) atoms. The summed E-state index contributed by atoms with van der Waals surface area (Å²) in [7, 11) is 0. The van der Waals surface area contributed by atoms with E-state index in [0.29, 0.717) is 6.54 Å². The lowest BCUT2D eigenvalue weighted by atomic mass is 10.2. The van der Waals surface area contributed by atoms with E-state index >= 15 is 0 Å². The predicted octanol–water partition coefficient (Wildman–Crippen LogP) is 0.190. The van der Waals surface area contributed by atoms with Crippen LogP contribution in [0.4, 0.5) is 0 Å². The van der Waals surface area contributed by atoms with E-state index in [9.17, 15) is 9.90 Å². The van der Waals surface area contributed by atoms with E-state index in [1.54, 1.807) is 0 Å². The van der Waals surface area contributed by atoms with Gasteiger partial charge in [0.25, 0.3) is 5.91 Å². The maximum absolute atomic E-state index is 11.5. The van der Waals surface area contributed by atoms with Gasteiger partial charge >= 0.3 is 0 Å². The van der Waals surface area contributed by atoms with E-state index in [1.807, 2.05) is 30.3 Å². The van der Waals surface area contributed by atoms with E-state index < -0.39 is 6.23 Å². The number of carbonyl (C=O) groups excluding carboxylic acids is 1. The molecule has 2 rings (SSSR count). The average molecular weight is 204 g/mol. The first-order valence-electron chi connectivity index (χ1n) is 4.69. The molecule has 0 radical (unpaired) electrons. The standard InChI is InChI=1S/C11H12N2O2/c12-9-6-10(14)13(11(9)15)7-8-4-2-1-3-5-8/h1-6,10,14H,7,12H2. The number of hydrogen-bond donors (Lipinski definition) is 2. The fraction of sp³-hybridized carbons (Fsp3) is 0.182. The number of nitrogens with two attached hydrogens (primary N) is 1. The monoisotopic (exact) mass is 204 g/mol. The summed E-state index contributed by atoms with van der Waals surface area (Å²) in [5.74, 6) is -0.314. The number of carbonyl (C=O) groups is 1. The Balaban J connectivity index is 2.12. The molecule has 1 amide bonds. The lowest BCUT2D eigenvalue weighted by Gasteiger charge is -2.20. The summed E-state index contributed by atoms with van der Waals surface area (Å²) in [5, 5.41) is 9.54. The molecule has 1 aliphatic heterocycles. The van der Waals surface area contributed by atoms with Crippen molar-refractivity contribution < 1.29 is 9.90 Å². The normalized spacial score (nSPS) is 20.6. The number of aliphatic hydroxyl groups is 1. The fourth-order valence-electron chi connectivity index (χ4n) is 1.55. The number of aliphatic hydroxyl groups excluding tert-OH is 1. The highest BCUT2D eigenvalue weighted by atomic mass is 16.3. The second-order valence-electron chi connectivity index (χ2n) is 3.45. The highest BCUT2D eigenvalue weighted by Crippen LogP contribution is 2.16. The minimum absolute atomic E-state index is 0.110. The molecule has 4 nitrogen and oxygen atoms in total. The smallest absolute Gasteiger partial charge is 0.272 e. The Morgan fingerprint density at radius 3 is 2.53 bits per heavy atom. The van der Waals surface area contributed by atoms with Gasteiger partial charge in [0.05, 0.1) is 5.70 Å². The zero-order chi connectivity index (χ0) is 10.8. The maximum Gasteiger partial charge on any atom is 0.272 e. The summed E-state index contributed by atoms with van der Waals surface area (Å²) in [4.78, 5) is 12.8. The number of benzene rings is 1. The van der Waals surface area contributed by atoms with Gasteiger partial charge in [-0.1, -0.05) is 30.3 Å². The van der Waals surface area contributed by atoms with Crippen molar-refractivity contribution in [2.45, 2.75) is 12.8 Å². The van der Waals surface area contributed by atoms with Crippen molar-refractivity contribution in [2.75, 3.05) is 0 Å². The van der Waals surface area contributed by atoms with Crippen LogP contribution in [-0.4, -0.2) is 22.1 Å². The first-order chi connectivity index (χ1) is 7.18. The van der Waals surface area contributed by atoms with Crippen LogP contribution in [0.5, 0.6) is 0 Å². The molecule has 3 N–H and O–H groups in total. The van der Waals surface area contributed by atoms with E-state index in [1.165, 1.54) is 11.0 Å². The molecule has 1 aliphatic rings. The van der Waals surface area contributed by atoms with Crippen LogP contribution in [0.3, 0.4) is 0 Å². The molecule has 4 heteroatoms. The molecular weight excluding hydrogens is 192 g/mol. The molecule has 0 aliphatic carbocycles. The number of nitrogens with zero attached hydrogens (tertiary/aromatic N) is 1. The summed E-state index contributed by atoms with van der Waals surface area (Å²) in [6.45, 7) is 0.373. The Morgan fingerprint density at radius 2 is 2.00 bits per heavy atom. The molecule has 1 aromatic carbocycles. The molecule has 1 unspecified atom stereocenters. The van der Waals surface area contributed by atoms with Crippen LogP contribution in [0, 0.1) is 0 Å². The molecule has 0 saturated carbocycles. The van der Waals surface area contributed by atoms with Crippen molar-refractivity contribution in [1.82, 2.24) is 4.90 Å². The van der Waals surface area contributed by atoms with Crippen LogP contribution in [0.15, 0.2) is 42.1 Å². The molecular formula is C11H12N2O2. The molecule has 0 saturated heterocycles. The third-order valence-electron chi connectivity index (χ3n) is 2.35. The molecule has 0 fully saturated rings. The van der Waals surface area contributed by atoms with E-state index in [4.69, 9.17) is 5.73 Å². The first kappa shape index (κ1) is 9.73. The minimum atomic E-state index is -0.905. The van der Waals surface area contributed by atoms with Gasteiger partial charge in [-0.15, -0.1) is 0 Å². The minimum Gasteiger partial charge on any atom is -0.394 e. The van der Waals surface area contributed by atoms with Crippen molar-refractivity contribution in [3.63, 3.8) is 0 Å². The van der Waals surface area contributed by atoms with Gasteiger partial charge in [0.15, 0.2) is 6.23 Å². The lowest BCUT2D eigenvalue weighted by molar-refractivity contribution is -0.132. The highest BCUT2D eigenvalue weighted by Gasteiger charge is 2.28. The summed E-state index contributed by atoms with van der Waals surface area (Å²) in [5.41, 5.74) is 6.50. The molecule has 1 heterocycles. The van der Waals surface area contributed by atoms with E-state index in [2.05, 4.69) is 0 Å². The Kier molecular flexibility index (Phi) is 2.43. The molecule has 0 aromatic heterocycles. The van der Waals surface area contributed by atoms with E-state index in [0.717, 1.165) is 5.56 Å². The van der Waals surface area contributed by atoms with Crippen LogP contribution < -0.4 is 5.73 Å². The quantitative estimate of drug-likeness (QED) is 0.722.